The van der Waals surface area contributed by atoms with Crippen LogP contribution in [0.15, 0.2) is 42.5 Å². The third-order valence-corrected chi connectivity index (χ3v) is 6.61. The summed E-state index contributed by atoms with van der Waals surface area (Å²) in [6.07, 6.45) is 0.226. The second-order valence-electron chi connectivity index (χ2n) is 9.85. The highest BCUT2D eigenvalue weighted by Crippen LogP contribution is 2.42. The number of carbonyl (C=O) groups excluding carboxylic acids is 1. The lowest BCUT2D eigenvalue weighted by Gasteiger charge is -2.35. The Morgan fingerprint density at radius 3 is 2.58 bits per heavy atom. The lowest BCUT2D eigenvalue weighted by atomic mass is 10.0. The Kier molecular flexibility index (Phi) is 6.53. The summed E-state index contributed by atoms with van der Waals surface area (Å²) in [5.41, 5.74) is 1.72. The van der Waals surface area contributed by atoms with Crippen LogP contribution in [-0.2, 0) is 17.8 Å². The van der Waals surface area contributed by atoms with E-state index in [9.17, 15) is 4.79 Å². The number of para-hydroxylation sites is 1. The molecule has 0 aliphatic carbocycles. The number of piperazine rings is 1. The third-order valence-electron chi connectivity index (χ3n) is 6.61. The Balaban J connectivity index is 1.16. The number of methoxy groups -OCH3 is 1. The molecule has 1 saturated heterocycles. The molecule has 3 heterocycles. The van der Waals surface area contributed by atoms with E-state index in [0.717, 1.165) is 48.1 Å². The molecule has 0 spiro atoms. The van der Waals surface area contributed by atoms with Gasteiger partial charge in [-0.25, -0.2) is 0 Å². The smallest absolute Gasteiger partial charge is 0.263 e. The number of benzene rings is 2. The largest absolute Gasteiger partial charge is 0.497 e. The molecular formula is C26H32N6O4. The van der Waals surface area contributed by atoms with Crippen LogP contribution in [0.1, 0.15) is 32.2 Å². The second-order valence-corrected chi connectivity index (χ2v) is 9.85. The van der Waals surface area contributed by atoms with Gasteiger partial charge in [-0.15, -0.1) is 5.10 Å². The average molecular weight is 493 g/mol. The number of nitrogens with zero attached hydrogens (tertiary/aromatic N) is 6. The maximum Gasteiger partial charge on any atom is 0.263 e. The molecule has 10 nitrogen and oxygen atoms in total. The molecule has 1 amide bonds. The highest BCUT2D eigenvalue weighted by Gasteiger charge is 2.34. The number of aromatic nitrogens is 4. The van der Waals surface area contributed by atoms with Crippen LogP contribution < -0.4 is 14.2 Å². The summed E-state index contributed by atoms with van der Waals surface area (Å²) in [5, 5.41) is 12.2. The number of tetrazole rings is 1. The number of ether oxygens (including phenoxy) is 3. The van der Waals surface area contributed by atoms with E-state index in [0.29, 0.717) is 25.4 Å². The quantitative estimate of drug-likeness (QED) is 0.497. The first kappa shape index (κ1) is 24.1. The van der Waals surface area contributed by atoms with Crippen molar-refractivity contribution < 1.29 is 19.0 Å². The number of hydrogen-bond acceptors (Lipinski definition) is 8. The number of carbonyl (C=O) groups is 1. The van der Waals surface area contributed by atoms with Gasteiger partial charge in [-0.1, -0.05) is 12.1 Å². The van der Waals surface area contributed by atoms with E-state index in [2.05, 4.69) is 34.3 Å². The summed E-state index contributed by atoms with van der Waals surface area (Å²) in [6, 6.07) is 13.5. The van der Waals surface area contributed by atoms with Crippen molar-refractivity contribution in [2.24, 2.45) is 0 Å². The van der Waals surface area contributed by atoms with E-state index in [4.69, 9.17) is 14.2 Å². The zero-order valence-corrected chi connectivity index (χ0v) is 21.2. The van der Waals surface area contributed by atoms with Gasteiger partial charge < -0.3 is 19.1 Å². The number of fused-ring (bicyclic) bond motifs is 1. The van der Waals surface area contributed by atoms with Crippen molar-refractivity contribution in [3.05, 3.63) is 53.9 Å². The van der Waals surface area contributed by atoms with Gasteiger partial charge in [-0.3, -0.25) is 9.69 Å². The predicted molar refractivity (Wildman–Crippen MR) is 133 cm³/mol. The Morgan fingerprint density at radius 2 is 1.86 bits per heavy atom. The summed E-state index contributed by atoms with van der Waals surface area (Å²) < 4.78 is 19.1. The first-order chi connectivity index (χ1) is 17.3. The van der Waals surface area contributed by atoms with Crippen LogP contribution in [0.4, 0.5) is 0 Å². The number of amides is 1. The summed E-state index contributed by atoms with van der Waals surface area (Å²) in [5.74, 6) is 2.88. The molecule has 10 heteroatoms. The van der Waals surface area contributed by atoms with Gasteiger partial charge in [-0.05, 0) is 61.5 Å². The fourth-order valence-corrected chi connectivity index (χ4v) is 4.73. The van der Waals surface area contributed by atoms with E-state index in [-0.39, 0.29) is 11.5 Å². The molecule has 1 aromatic heterocycles. The Hall–Kier alpha value is -3.66. The lowest BCUT2D eigenvalue weighted by molar-refractivity contribution is -0.139. The van der Waals surface area contributed by atoms with Gasteiger partial charge in [0.1, 0.15) is 11.4 Å². The van der Waals surface area contributed by atoms with Gasteiger partial charge in [-0.2, -0.15) is 4.68 Å². The maximum absolute atomic E-state index is 13.1. The van der Waals surface area contributed by atoms with Gasteiger partial charge in [0, 0.05) is 38.2 Å². The first-order valence-corrected chi connectivity index (χ1v) is 12.2. The average Bonchev–Trinajstić information content (AvgIpc) is 3.47. The number of hydrogen-bond donors (Lipinski definition) is 0. The van der Waals surface area contributed by atoms with E-state index < -0.39 is 6.10 Å². The van der Waals surface area contributed by atoms with Crippen molar-refractivity contribution in [3.63, 3.8) is 0 Å². The van der Waals surface area contributed by atoms with Crippen LogP contribution in [0.3, 0.4) is 0 Å². The van der Waals surface area contributed by atoms with Crippen molar-refractivity contribution in [1.82, 2.24) is 30.0 Å². The van der Waals surface area contributed by atoms with Gasteiger partial charge in [0.25, 0.3) is 5.91 Å². The SMILES string of the molecule is COc1ccc(-n2nnnc2CN2CCN(C(=O)C(C)Oc3cccc4c3OC(C)(C)C4)CC2)cc1. The minimum absolute atomic E-state index is 0.0208. The zero-order valence-electron chi connectivity index (χ0n) is 21.2. The molecule has 36 heavy (non-hydrogen) atoms. The van der Waals surface area contributed by atoms with Crippen molar-refractivity contribution in [3.8, 4) is 22.9 Å². The molecule has 5 rings (SSSR count). The molecule has 0 radical (unpaired) electrons. The molecule has 1 unspecified atom stereocenters. The zero-order chi connectivity index (χ0) is 25.3. The molecule has 0 bridgehead atoms. The summed E-state index contributed by atoms with van der Waals surface area (Å²) >= 11 is 0. The van der Waals surface area contributed by atoms with Gasteiger partial charge in [0.05, 0.1) is 19.3 Å². The molecule has 1 atom stereocenters. The van der Waals surface area contributed by atoms with E-state index in [1.165, 1.54) is 0 Å². The molecule has 190 valence electrons. The molecule has 2 aromatic carbocycles. The number of rotatable bonds is 7. The maximum atomic E-state index is 13.1. The minimum Gasteiger partial charge on any atom is -0.497 e. The van der Waals surface area contributed by atoms with Crippen molar-refractivity contribution in [1.29, 1.82) is 0 Å². The lowest BCUT2D eigenvalue weighted by Crippen LogP contribution is -2.51. The van der Waals surface area contributed by atoms with E-state index in [1.807, 2.05) is 47.4 Å². The third kappa shape index (κ3) is 4.99. The molecule has 0 N–H and O–H groups in total. The summed E-state index contributed by atoms with van der Waals surface area (Å²) in [6.45, 7) is 9.20. The Labute approximate surface area is 210 Å². The Morgan fingerprint density at radius 1 is 1.11 bits per heavy atom. The highest BCUT2D eigenvalue weighted by molar-refractivity contribution is 5.81. The minimum atomic E-state index is -0.599. The summed E-state index contributed by atoms with van der Waals surface area (Å²) in [4.78, 5) is 17.3. The second kappa shape index (κ2) is 9.77. The molecule has 0 saturated carbocycles. The van der Waals surface area contributed by atoms with Crippen molar-refractivity contribution in [2.75, 3.05) is 33.3 Å². The predicted octanol–water partition coefficient (Wildman–Crippen LogP) is 2.50. The van der Waals surface area contributed by atoms with Gasteiger partial charge in [0.2, 0.25) is 0 Å². The molecule has 1 fully saturated rings. The van der Waals surface area contributed by atoms with Crippen LogP contribution >= 0.6 is 0 Å². The normalized spacial score (nSPS) is 17.8. The molecule has 2 aliphatic heterocycles. The van der Waals surface area contributed by atoms with Crippen LogP contribution in [0.25, 0.3) is 5.69 Å². The summed E-state index contributed by atoms with van der Waals surface area (Å²) in [7, 11) is 1.64. The topological polar surface area (TPSA) is 94.8 Å². The van der Waals surface area contributed by atoms with E-state index in [1.54, 1.807) is 18.7 Å². The highest BCUT2D eigenvalue weighted by atomic mass is 16.5. The van der Waals surface area contributed by atoms with Crippen LogP contribution in [-0.4, -0.2) is 80.9 Å². The van der Waals surface area contributed by atoms with E-state index >= 15 is 0 Å². The van der Waals surface area contributed by atoms with Crippen LogP contribution in [0, 0.1) is 0 Å². The van der Waals surface area contributed by atoms with Gasteiger partial charge in [0.15, 0.2) is 23.4 Å². The van der Waals surface area contributed by atoms with Crippen molar-refractivity contribution in [2.45, 2.75) is 45.4 Å². The fourth-order valence-electron chi connectivity index (χ4n) is 4.73. The van der Waals surface area contributed by atoms with Crippen LogP contribution in [0.5, 0.6) is 17.2 Å². The van der Waals surface area contributed by atoms with Crippen molar-refractivity contribution >= 4 is 5.91 Å². The monoisotopic (exact) mass is 492 g/mol. The molecule has 3 aromatic rings. The standard InChI is InChI=1S/C26H32N6O4/c1-18(35-22-7-5-6-19-16-26(2,3)36-24(19)22)25(33)31-14-12-30(13-15-31)17-23-27-28-29-32(23)20-8-10-21(34-4)11-9-20/h5-11,18H,12-17H2,1-4H3. The molecular weight excluding hydrogens is 460 g/mol. The fraction of sp³-hybridized carbons (Fsp3) is 0.462. The molecule has 2 aliphatic rings. The van der Waals surface area contributed by atoms with Crippen LogP contribution in [0.2, 0.25) is 0 Å². The van der Waals surface area contributed by atoms with Gasteiger partial charge >= 0.3 is 0 Å². The first-order valence-electron chi connectivity index (χ1n) is 12.2. The Bertz CT molecular complexity index is 1220.